The van der Waals surface area contributed by atoms with Gasteiger partial charge in [0.1, 0.15) is 11.4 Å². The zero-order chi connectivity index (χ0) is 13.6. The Morgan fingerprint density at radius 2 is 2.06 bits per heavy atom. The fraction of sp³-hybridized carbons (Fsp3) is 0.867. The van der Waals surface area contributed by atoms with E-state index in [0.717, 1.165) is 44.9 Å². The van der Waals surface area contributed by atoms with Gasteiger partial charge in [0.2, 0.25) is 0 Å². The second-order valence-electron chi connectivity index (χ2n) is 5.42. The van der Waals surface area contributed by atoms with Crippen LogP contribution in [0.15, 0.2) is 0 Å². The Morgan fingerprint density at radius 1 is 1.33 bits per heavy atom. The number of hydrogen-bond acceptors (Lipinski definition) is 3. The van der Waals surface area contributed by atoms with Gasteiger partial charge in [0.05, 0.1) is 5.92 Å². The van der Waals surface area contributed by atoms with Crippen molar-refractivity contribution in [1.82, 2.24) is 0 Å². The molecule has 3 nitrogen and oxygen atoms in total. The van der Waals surface area contributed by atoms with Crippen molar-refractivity contribution < 1.29 is 14.3 Å². The molecule has 104 valence electrons. The standard InChI is InChI=1S/C15H26O3/c1-4-6-7-8-13-14(17)9-11-15(13,10-5-2)18-12(3)16/h13H,4-11H2,1-3H3. The van der Waals surface area contributed by atoms with E-state index in [1.54, 1.807) is 0 Å². The van der Waals surface area contributed by atoms with Gasteiger partial charge in [-0.25, -0.2) is 0 Å². The molecular weight excluding hydrogens is 228 g/mol. The van der Waals surface area contributed by atoms with E-state index in [1.807, 2.05) is 0 Å². The molecule has 0 spiro atoms. The molecular formula is C15H26O3. The lowest BCUT2D eigenvalue weighted by molar-refractivity contribution is -0.163. The molecule has 0 amide bonds. The van der Waals surface area contributed by atoms with Crippen LogP contribution in [0.2, 0.25) is 0 Å². The molecule has 0 N–H and O–H groups in total. The van der Waals surface area contributed by atoms with Gasteiger partial charge in [-0.05, 0) is 19.3 Å². The molecule has 1 saturated carbocycles. The van der Waals surface area contributed by atoms with Gasteiger partial charge in [0.15, 0.2) is 0 Å². The molecule has 1 rings (SSSR count). The van der Waals surface area contributed by atoms with Crippen LogP contribution >= 0.6 is 0 Å². The highest BCUT2D eigenvalue weighted by molar-refractivity contribution is 5.85. The van der Waals surface area contributed by atoms with Crippen molar-refractivity contribution in [2.45, 2.75) is 77.7 Å². The Kier molecular flexibility index (Phi) is 5.83. The van der Waals surface area contributed by atoms with Gasteiger partial charge in [-0.3, -0.25) is 9.59 Å². The van der Waals surface area contributed by atoms with Crippen molar-refractivity contribution in [2.75, 3.05) is 0 Å². The number of ketones is 1. The van der Waals surface area contributed by atoms with Crippen LogP contribution in [0.25, 0.3) is 0 Å². The SMILES string of the molecule is CCCCCC1C(=O)CCC1(CCC)OC(C)=O. The first kappa shape index (κ1) is 15.2. The first-order valence-corrected chi connectivity index (χ1v) is 7.28. The van der Waals surface area contributed by atoms with Gasteiger partial charge in [-0.2, -0.15) is 0 Å². The molecule has 3 heteroatoms. The molecule has 0 radical (unpaired) electrons. The van der Waals surface area contributed by atoms with E-state index in [4.69, 9.17) is 4.74 Å². The molecule has 0 bridgehead atoms. The lowest BCUT2D eigenvalue weighted by atomic mass is 9.82. The summed E-state index contributed by atoms with van der Waals surface area (Å²) in [5, 5.41) is 0. The molecule has 0 heterocycles. The zero-order valence-corrected chi connectivity index (χ0v) is 12.0. The summed E-state index contributed by atoms with van der Waals surface area (Å²) in [4.78, 5) is 23.4. The molecule has 2 atom stereocenters. The maximum absolute atomic E-state index is 12.0. The molecule has 18 heavy (non-hydrogen) atoms. The Labute approximate surface area is 110 Å². The fourth-order valence-corrected chi connectivity index (χ4v) is 3.18. The summed E-state index contributed by atoms with van der Waals surface area (Å²) in [7, 11) is 0. The number of rotatable bonds is 7. The van der Waals surface area contributed by atoms with Gasteiger partial charge in [-0.15, -0.1) is 0 Å². The third-order valence-electron chi connectivity index (χ3n) is 3.93. The first-order valence-electron chi connectivity index (χ1n) is 7.28. The highest BCUT2D eigenvalue weighted by Gasteiger charge is 2.49. The smallest absolute Gasteiger partial charge is 0.303 e. The van der Waals surface area contributed by atoms with Crippen molar-refractivity contribution >= 4 is 11.8 Å². The number of carbonyl (C=O) groups is 2. The lowest BCUT2D eigenvalue weighted by Gasteiger charge is -2.34. The summed E-state index contributed by atoms with van der Waals surface area (Å²) in [5.74, 6) is -0.0210. The van der Waals surface area contributed by atoms with Crippen molar-refractivity contribution in [1.29, 1.82) is 0 Å². The van der Waals surface area contributed by atoms with Crippen molar-refractivity contribution in [2.24, 2.45) is 5.92 Å². The summed E-state index contributed by atoms with van der Waals surface area (Å²) in [6, 6.07) is 0. The molecule has 0 aromatic carbocycles. The van der Waals surface area contributed by atoms with Gasteiger partial charge in [-0.1, -0.05) is 39.5 Å². The minimum absolute atomic E-state index is 0.0621. The number of carbonyl (C=O) groups excluding carboxylic acids is 2. The maximum Gasteiger partial charge on any atom is 0.303 e. The van der Waals surface area contributed by atoms with Crippen LogP contribution in [0.4, 0.5) is 0 Å². The predicted octanol–water partition coefficient (Wildman–Crippen LogP) is 3.65. The zero-order valence-electron chi connectivity index (χ0n) is 12.0. The minimum Gasteiger partial charge on any atom is -0.458 e. The summed E-state index contributed by atoms with van der Waals surface area (Å²) in [6.07, 6.45) is 7.28. The number of unbranched alkanes of at least 4 members (excludes halogenated alkanes) is 2. The average Bonchev–Trinajstić information content (AvgIpc) is 2.58. The summed E-state index contributed by atoms with van der Waals surface area (Å²) >= 11 is 0. The van der Waals surface area contributed by atoms with Crippen molar-refractivity contribution in [3.8, 4) is 0 Å². The van der Waals surface area contributed by atoms with Crippen LogP contribution in [0.5, 0.6) is 0 Å². The number of Topliss-reactive ketones (excluding diaryl/α,β-unsaturated/α-hetero) is 1. The van der Waals surface area contributed by atoms with Crippen molar-refractivity contribution in [3.63, 3.8) is 0 Å². The van der Waals surface area contributed by atoms with Crippen LogP contribution < -0.4 is 0 Å². The van der Waals surface area contributed by atoms with E-state index in [0.29, 0.717) is 12.2 Å². The van der Waals surface area contributed by atoms with E-state index in [1.165, 1.54) is 6.92 Å². The van der Waals surface area contributed by atoms with Crippen LogP contribution in [0.1, 0.15) is 72.1 Å². The van der Waals surface area contributed by atoms with E-state index in [9.17, 15) is 9.59 Å². The quantitative estimate of drug-likeness (QED) is 0.514. The molecule has 1 aliphatic rings. The Bertz CT molecular complexity index is 298. The average molecular weight is 254 g/mol. The van der Waals surface area contributed by atoms with E-state index < -0.39 is 5.60 Å². The molecule has 0 aromatic heterocycles. The summed E-state index contributed by atoms with van der Waals surface area (Å²) in [5.41, 5.74) is -0.495. The van der Waals surface area contributed by atoms with Gasteiger partial charge in [0, 0.05) is 13.3 Å². The molecule has 0 saturated heterocycles. The van der Waals surface area contributed by atoms with Gasteiger partial charge in [0.25, 0.3) is 0 Å². The van der Waals surface area contributed by atoms with E-state index >= 15 is 0 Å². The highest BCUT2D eigenvalue weighted by Crippen LogP contribution is 2.42. The van der Waals surface area contributed by atoms with Crippen LogP contribution in [0.3, 0.4) is 0 Å². The molecule has 1 aliphatic carbocycles. The topological polar surface area (TPSA) is 43.4 Å². The Hall–Kier alpha value is -0.860. The number of esters is 1. The maximum atomic E-state index is 12.0. The third kappa shape index (κ3) is 3.56. The molecule has 2 unspecified atom stereocenters. The largest absolute Gasteiger partial charge is 0.458 e. The van der Waals surface area contributed by atoms with E-state index in [-0.39, 0.29) is 11.9 Å². The highest BCUT2D eigenvalue weighted by atomic mass is 16.6. The van der Waals surface area contributed by atoms with Gasteiger partial charge < -0.3 is 4.74 Å². The Morgan fingerprint density at radius 3 is 2.61 bits per heavy atom. The summed E-state index contributed by atoms with van der Waals surface area (Å²) < 4.78 is 5.59. The fourth-order valence-electron chi connectivity index (χ4n) is 3.18. The normalized spacial score (nSPS) is 27.5. The second kappa shape index (κ2) is 6.91. The van der Waals surface area contributed by atoms with Crippen LogP contribution in [-0.2, 0) is 14.3 Å². The second-order valence-corrected chi connectivity index (χ2v) is 5.42. The third-order valence-corrected chi connectivity index (χ3v) is 3.93. The Balaban J connectivity index is 2.77. The van der Waals surface area contributed by atoms with Crippen molar-refractivity contribution in [3.05, 3.63) is 0 Å². The predicted molar refractivity (Wildman–Crippen MR) is 71.3 cm³/mol. The van der Waals surface area contributed by atoms with E-state index in [2.05, 4.69) is 13.8 Å². The monoisotopic (exact) mass is 254 g/mol. The molecule has 0 aliphatic heterocycles. The minimum atomic E-state index is -0.495. The number of ether oxygens (including phenoxy) is 1. The van der Waals surface area contributed by atoms with Crippen LogP contribution in [0, 0.1) is 5.92 Å². The number of hydrogen-bond donors (Lipinski definition) is 0. The van der Waals surface area contributed by atoms with Crippen LogP contribution in [-0.4, -0.2) is 17.4 Å². The lowest BCUT2D eigenvalue weighted by Crippen LogP contribution is -2.40. The molecule has 1 fully saturated rings. The first-order chi connectivity index (χ1) is 8.55. The summed E-state index contributed by atoms with van der Waals surface area (Å²) in [6.45, 7) is 5.68. The molecule has 0 aromatic rings. The van der Waals surface area contributed by atoms with Gasteiger partial charge >= 0.3 is 5.97 Å².